The number of carbonyl (C=O) groups is 1. The van der Waals surface area contributed by atoms with Crippen LogP contribution >= 0.6 is 0 Å². The number of nitrogens with zero attached hydrogens (tertiary/aromatic N) is 5. The molecule has 6 rings (SSSR count). The van der Waals surface area contributed by atoms with Crippen molar-refractivity contribution in [2.45, 2.75) is 101 Å². The molecular weight excluding hydrogens is 428 g/mol. The summed E-state index contributed by atoms with van der Waals surface area (Å²) in [7, 11) is 0. The number of piperidine rings is 1. The zero-order valence-corrected chi connectivity index (χ0v) is 20.1. The van der Waals surface area contributed by atoms with Crippen LogP contribution in [0.2, 0.25) is 0 Å². The van der Waals surface area contributed by atoms with Crippen molar-refractivity contribution in [2.75, 3.05) is 23.7 Å². The van der Waals surface area contributed by atoms with Crippen molar-refractivity contribution in [3.8, 4) is 0 Å². The second-order valence-corrected chi connectivity index (χ2v) is 10.9. The molecule has 9 heteroatoms. The van der Waals surface area contributed by atoms with Crippen molar-refractivity contribution >= 4 is 28.8 Å². The molecule has 3 saturated carbocycles. The summed E-state index contributed by atoms with van der Waals surface area (Å²) in [5, 5.41) is 7.30. The van der Waals surface area contributed by atoms with Crippen LogP contribution < -0.4 is 16.4 Å². The van der Waals surface area contributed by atoms with Crippen LogP contribution in [0, 0.1) is 5.92 Å². The molecule has 4 fully saturated rings. The number of likely N-dealkylation sites (tertiary alicyclic amines) is 1. The van der Waals surface area contributed by atoms with Crippen molar-refractivity contribution in [1.29, 1.82) is 0 Å². The summed E-state index contributed by atoms with van der Waals surface area (Å²) in [4.78, 5) is 29.1. The van der Waals surface area contributed by atoms with E-state index in [4.69, 9.17) is 20.7 Å². The van der Waals surface area contributed by atoms with Crippen LogP contribution in [0.15, 0.2) is 6.33 Å². The normalized spacial score (nSPS) is 26.8. The van der Waals surface area contributed by atoms with Crippen LogP contribution in [0.1, 0.15) is 83.1 Å². The van der Waals surface area contributed by atoms with Gasteiger partial charge in [0.1, 0.15) is 0 Å². The van der Waals surface area contributed by atoms with E-state index in [1.165, 1.54) is 25.7 Å². The standard InChI is InChI=1S/C25H38N8O/c26-17-7-9-18(10-8-17)29-25-30-22(21-23(31-25)33(15-27-21)20-3-1-2-4-20)28-19-11-13-32(14-12-19)24(34)16-5-6-16/h15-20H,1-14,26H2,(H2,28,29,30,31). The van der Waals surface area contributed by atoms with Gasteiger partial charge in [0.2, 0.25) is 11.9 Å². The van der Waals surface area contributed by atoms with Crippen LogP contribution in [0.3, 0.4) is 0 Å². The fourth-order valence-electron chi connectivity index (χ4n) is 6.00. The Morgan fingerprint density at radius 1 is 0.882 bits per heavy atom. The summed E-state index contributed by atoms with van der Waals surface area (Å²) in [6, 6.07) is 1.45. The summed E-state index contributed by atoms with van der Waals surface area (Å²) < 4.78 is 2.27. The molecule has 2 aromatic rings. The minimum atomic E-state index is 0.290. The molecule has 2 aromatic heterocycles. The molecule has 1 saturated heterocycles. The van der Waals surface area contributed by atoms with Gasteiger partial charge in [0.15, 0.2) is 17.0 Å². The van der Waals surface area contributed by atoms with Crippen molar-refractivity contribution in [3.63, 3.8) is 0 Å². The highest BCUT2D eigenvalue weighted by atomic mass is 16.2. The largest absolute Gasteiger partial charge is 0.365 e. The molecule has 0 radical (unpaired) electrons. The first-order valence-electron chi connectivity index (χ1n) is 13.5. The number of nitrogens with one attached hydrogen (secondary N) is 2. The number of hydrogen-bond acceptors (Lipinski definition) is 7. The zero-order valence-electron chi connectivity index (χ0n) is 20.1. The van der Waals surface area contributed by atoms with Crippen LogP contribution in [0.5, 0.6) is 0 Å². The van der Waals surface area contributed by atoms with Gasteiger partial charge < -0.3 is 25.8 Å². The minimum absolute atomic E-state index is 0.290. The second kappa shape index (κ2) is 9.32. The van der Waals surface area contributed by atoms with Gasteiger partial charge in [-0.1, -0.05) is 12.8 Å². The van der Waals surface area contributed by atoms with Crippen LogP contribution in [-0.2, 0) is 4.79 Å². The Hall–Kier alpha value is -2.42. The highest BCUT2D eigenvalue weighted by molar-refractivity contribution is 5.85. The maximum atomic E-state index is 12.4. The lowest BCUT2D eigenvalue weighted by Gasteiger charge is -2.33. The molecule has 1 amide bonds. The van der Waals surface area contributed by atoms with Gasteiger partial charge in [0, 0.05) is 43.2 Å². The highest BCUT2D eigenvalue weighted by Crippen LogP contribution is 2.35. The van der Waals surface area contributed by atoms with Crippen molar-refractivity contribution < 1.29 is 4.79 Å². The maximum Gasteiger partial charge on any atom is 0.227 e. The molecule has 4 aliphatic rings. The van der Waals surface area contributed by atoms with E-state index in [9.17, 15) is 4.79 Å². The predicted molar refractivity (Wildman–Crippen MR) is 133 cm³/mol. The first-order valence-corrected chi connectivity index (χ1v) is 13.5. The monoisotopic (exact) mass is 466 g/mol. The number of anilines is 2. The SMILES string of the molecule is NC1CCC(Nc2nc(NC3CCN(C(=O)C4CC4)CC3)c3ncn(C4CCCC4)c3n2)CC1. The molecule has 1 aliphatic heterocycles. The van der Waals surface area contributed by atoms with E-state index in [-0.39, 0.29) is 0 Å². The molecule has 184 valence electrons. The molecule has 9 nitrogen and oxygen atoms in total. The third-order valence-corrected chi connectivity index (χ3v) is 8.32. The third-order valence-electron chi connectivity index (χ3n) is 8.32. The molecule has 0 unspecified atom stereocenters. The van der Waals surface area contributed by atoms with Crippen molar-refractivity contribution in [1.82, 2.24) is 24.4 Å². The maximum absolute atomic E-state index is 12.4. The van der Waals surface area contributed by atoms with Gasteiger partial charge >= 0.3 is 0 Å². The first kappa shape index (κ1) is 22.1. The number of carbonyl (C=O) groups excluding carboxylic acids is 1. The van der Waals surface area contributed by atoms with Gasteiger partial charge in [0.25, 0.3) is 0 Å². The molecule has 0 aromatic carbocycles. The smallest absolute Gasteiger partial charge is 0.227 e. The molecule has 3 heterocycles. The Kier molecular flexibility index (Phi) is 6.05. The average molecular weight is 467 g/mol. The predicted octanol–water partition coefficient (Wildman–Crippen LogP) is 3.44. The average Bonchev–Trinajstić information content (AvgIpc) is 3.38. The fourth-order valence-corrected chi connectivity index (χ4v) is 6.00. The molecular formula is C25H38N8O. The van der Waals surface area contributed by atoms with E-state index in [2.05, 4.69) is 20.1 Å². The first-order chi connectivity index (χ1) is 16.6. The number of fused-ring (bicyclic) bond motifs is 1. The number of nitrogens with two attached hydrogens (primary N) is 1. The number of rotatable bonds is 6. The van der Waals surface area contributed by atoms with E-state index in [0.717, 1.165) is 81.4 Å². The van der Waals surface area contributed by atoms with Gasteiger partial charge in [-0.2, -0.15) is 9.97 Å². The summed E-state index contributed by atoms with van der Waals surface area (Å²) >= 11 is 0. The molecule has 0 spiro atoms. The summed E-state index contributed by atoms with van der Waals surface area (Å²) in [6.07, 6.45) is 15.1. The zero-order chi connectivity index (χ0) is 23.1. The molecule has 3 aliphatic carbocycles. The molecule has 0 bridgehead atoms. The van der Waals surface area contributed by atoms with Crippen LogP contribution in [-0.4, -0.2) is 61.5 Å². The highest BCUT2D eigenvalue weighted by Gasteiger charge is 2.35. The summed E-state index contributed by atoms with van der Waals surface area (Å²) in [5.41, 5.74) is 7.90. The number of aromatic nitrogens is 4. The molecule has 0 atom stereocenters. The van der Waals surface area contributed by atoms with Gasteiger partial charge in [-0.05, 0) is 64.2 Å². The van der Waals surface area contributed by atoms with Crippen molar-refractivity contribution in [2.24, 2.45) is 11.7 Å². The lowest BCUT2D eigenvalue weighted by Crippen LogP contribution is -2.43. The Morgan fingerprint density at radius 2 is 1.59 bits per heavy atom. The van der Waals surface area contributed by atoms with E-state index < -0.39 is 0 Å². The Bertz CT molecular complexity index is 1010. The van der Waals surface area contributed by atoms with Gasteiger partial charge in [0.05, 0.1) is 6.33 Å². The number of amides is 1. The van der Waals surface area contributed by atoms with Crippen LogP contribution in [0.25, 0.3) is 11.2 Å². The van der Waals surface area contributed by atoms with Gasteiger partial charge in [-0.15, -0.1) is 0 Å². The van der Waals surface area contributed by atoms with Gasteiger partial charge in [-0.3, -0.25) is 4.79 Å². The van der Waals surface area contributed by atoms with Gasteiger partial charge in [-0.25, -0.2) is 4.98 Å². The summed E-state index contributed by atoms with van der Waals surface area (Å²) in [5.74, 6) is 2.17. The second-order valence-electron chi connectivity index (χ2n) is 10.9. The van der Waals surface area contributed by atoms with E-state index >= 15 is 0 Å². The minimum Gasteiger partial charge on any atom is -0.365 e. The van der Waals surface area contributed by atoms with Crippen LogP contribution in [0.4, 0.5) is 11.8 Å². The van der Waals surface area contributed by atoms with E-state index in [1.807, 2.05) is 6.33 Å². The van der Waals surface area contributed by atoms with E-state index in [1.54, 1.807) is 0 Å². The van der Waals surface area contributed by atoms with E-state index in [0.29, 0.717) is 41.9 Å². The lowest BCUT2D eigenvalue weighted by atomic mass is 9.92. The Labute approximate surface area is 201 Å². The topological polar surface area (TPSA) is 114 Å². The van der Waals surface area contributed by atoms with Crippen molar-refractivity contribution in [3.05, 3.63) is 6.33 Å². The summed E-state index contributed by atoms with van der Waals surface area (Å²) in [6.45, 7) is 1.65. The fraction of sp³-hybridized carbons (Fsp3) is 0.760. The Balaban J connectivity index is 1.22. The molecule has 34 heavy (non-hydrogen) atoms. The number of imidazole rings is 1. The Morgan fingerprint density at radius 3 is 2.29 bits per heavy atom. The quantitative estimate of drug-likeness (QED) is 0.597. The third kappa shape index (κ3) is 4.59. The lowest BCUT2D eigenvalue weighted by molar-refractivity contribution is -0.133. The molecule has 4 N–H and O–H groups in total. The number of hydrogen-bond donors (Lipinski definition) is 3.